The SMILES string of the molecule is O=C(NCc1ccc2[nH]ccc2c1)c1ccc(Cl)cn1. The summed E-state index contributed by atoms with van der Waals surface area (Å²) in [5.74, 6) is -0.212. The van der Waals surface area contributed by atoms with Crippen molar-refractivity contribution >= 4 is 28.4 Å². The molecule has 0 bridgehead atoms. The molecule has 0 radical (unpaired) electrons. The van der Waals surface area contributed by atoms with E-state index in [1.807, 2.05) is 30.5 Å². The van der Waals surface area contributed by atoms with E-state index >= 15 is 0 Å². The predicted molar refractivity (Wildman–Crippen MR) is 78.7 cm³/mol. The Bertz CT molecular complexity index is 749. The predicted octanol–water partition coefficient (Wildman–Crippen LogP) is 3.15. The van der Waals surface area contributed by atoms with Crippen LogP contribution in [-0.2, 0) is 6.54 Å². The lowest BCUT2D eigenvalue weighted by atomic mass is 10.1. The summed E-state index contributed by atoms with van der Waals surface area (Å²) in [5.41, 5.74) is 2.48. The van der Waals surface area contributed by atoms with Crippen molar-refractivity contribution in [2.75, 3.05) is 0 Å². The van der Waals surface area contributed by atoms with Crippen molar-refractivity contribution in [3.63, 3.8) is 0 Å². The quantitative estimate of drug-likeness (QED) is 0.777. The second-order valence-electron chi connectivity index (χ2n) is 4.44. The van der Waals surface area contributed by atoms with E-state index in [0.29, 0.717) is 17.3 Å². The van der Waals surface area contributed by atoms with Crippen LogP contribution in [0.15, 0.2) is 48.8 Å². The molecule has 2 aromatic heterocycles. The van der Waals surface area contributed by atoms with Crippen molar-refractivity contribution in [1.82, 2.24) is 15.3 Å². The Labute approximate surface area is 120 Å². The highest BCUT2D eigenvalue weighted by Crippen LogP contribution is 2.14. The zero-order valence-electron chi connectivity index (χ0n) is 10.6. The van der Waals surface area contributed by atoms with Crippen molar-refractivity contribution in [1.29, 1.82) is 0 Å². The number of hydrogen-bond donors (Lipinski definition) is 2. The number of nitrogens with zero attached hydrogens (tertiary/aromatic N) is 1. The van der Waals surface area contributed by atoms with Crippen LogP contribution in [0.25, 0.3) is 10.9 Å². The summed E-state index contributed by atoms with van der Waals surface area (Å²) in [4.78, 5) is 19.0. The normalized spacial score (nSPS) is 10.7. The van der Waals surface area contributed by atoms with Gasteiger partial charge >= 0.3 is 0 Å². The number of aromatic amines is 1. The van der Waals surface area contributed by atoms with Gasteiger partial charge in [-0.15, -0.1) is 0 Å². The third-order valence-electron chi connectivity index (χ3n) is 3.03. The van der Waals surface area contributed by atoms with Crippen LogP contribution in [0.3, 0.4) is 0 Å². The molecule has 1 amide bonds. The summed E-state index contributed by atoms with van der Waals surface area (Å²) in [6.45, 7) is 0.463. The number of carbonyl (C=O) groups excluding carboxylic acids is 1. The molecule has 0 atom stereocenters. The first-order valence-electron chi connectivity index (χ1n) is 6.18. The minimum atomic E-state index is -0.212. The molecule has 5 heteroatoms. The van der Waals surface area contributed by atoms with Crippen LogP contribution in [0.2, 0.25) is 5.02 Å². The number of H-pyrrole nitrogens is 1. The number of halogens is 1. The maximum absolute atomic E-state index is 11.9. The molecule has 0 unspecified atom stereocenters. The number of aromatic nitrogens is 2. The molecule has 0 aliphatic carbocycles. The third kappa shape index (κ3) is 2.65. The van der Waals surface area contributed by atoms with Gasteiger partial charge in [-0.1, -0.05) is 17.7 Å². The molecule has 0 aliphatic rings. The maximum atomic E-state index is 11.9. The molecule has 3 rings (SSSR count). The van der Waals surface area contributed by atoms with Gasteiger partial charge in [0.15, 0.2) is 0 Å². The van der Waals surface area contributed by atoms with E-state index in [4.69, 9.17) is 11.6 Å². The van der Waals surface area contributed by atoms with E-state index in [9.17, 15) is 4.79 Å². The van der Waals surface area contributed by atoms with Gasteiger partial charge in [0.2, 0.25) is 0 Å². The van der Waals surface area contributed by atoms with Gasteiger partial charge in [-0.3, -0.25) is 4.79 Å². The zero-order chi connectivity index (χ0) is 13.9. The zero-order valence-corrected chi connectivity index (χ0v) is 11.3. The van der Waals surface area contributed by atoms with Gasteiger partial charge in [-0.2, -0.15) is 0 Å². The Morgan fingerprint density at radius 1 is 1.25 bits per heavy atom. The largest absolute Gasteiger partial charge is 0.361 e. The molecular formula is C15H12ClN3O. The van der Waals surface area contributed by atoms with Crippen LogP contribution < -0.4 is 5.32 Å². The molecule has 4 nitrogen and oxygen atoms in total. The Morgan fingerprint density at radius 3 is 2.95 bits per heavy atom. The van der Waals surface area contributed by atoms with Gasteiger partial charge < -0.3 is 10.3 Å². The van der Waals surface area contributed by atoms with E-state index in [1.54, 1.807) is 12.1 Å². The molecule has 0 fully saturated rings. The Morgan fingerprint density at radius 2 is 2.15 bits per heavy atom. The van der Waals surface area contributed by atoms with Crippen molar-refractivity contribution in [2.24, 2.45) is 0 Å². The van der Waals surface area contributed by atoms with Gasteiger partial charge in [0.1, 0.15) is 5.69 Å². The summed E-state index contributed by atoms with van der Waals surface area (Å²) < 4.78 is 0. The summed E-state index contributed by atoms with van der Waals surface area (Å²) in [5, 5.41) is 4.48. The monoisotopic (exact) mass is 285 g/mol. The fourth-order valence-corrected chi connectivity index (χ4v) is 2.11. The maximum Gasteiger partial charge on any atom is 0.270 e. The van der Waals surface area contributed by atoms with Crippen molar-refractivity contribution in [3.05, 3.63) is 65.1 Å². The molecule has 2 heterocycles. The fraction of sp³-hybridized carbons (Fsp3) is 0.0667. The average molecular weight is 286 g/mol. The van der Waals surface area contributed by atoms with E-state index in [2.05, 4.69) is 15.3 Å². The molecule has 0 saturated heterocycles. The van der Waals surface area contributed by atoms with E-state index < -0.39 is 0 Å². The Kier molecular flexibility index (Phi) is 3.39. The van der Waals surface area contributed by atoms with Gasteiger partial charge in [0.05, 0.1) is 5.02 Å². The average Bonchev–Trinajstić information content (AvgIpc) is 2.93. The van der Waals surface area contributed by atoms with Crippen LogP contribution in [0.5, 0.6) is 0 Å². The highest BCUT2D eigenvalue weighted by atomic mass is 35.5. The summed E-state index contributed by atoms with van der Waals surface area (Å²) in [7, 11) is 0. The van der Waals surface area contributed by atoms with E-state index in [0.717, 1.165) is 16.5 Å². The number of hydrogen-bond acceptors (Lipinski definition) is 2. The third-order valence-corrected chi connectivity index (χ3v) is 3.25. The smallest absolute Gasteiger partial charge is 0.270 e. The van der Waals surface area contributed by atoms with Crippen LogP contribution in [-0.4, -0.2) is 15.9 Å². The number of nitrogens with one attached hydrogen (secondary N) is 2. The van der Waals surface area contributed by atoms with Gasteiger partial charge in [0.25, 0.3) is 5.91 Å². The molecule has 0 saturated carbocycles. The second kappa shape index (κ2) is 5.35. The molecule has 1 aromatic carbocycles. The first kappa shape index (κ1) is 12.7. The van der Waals surface area contributed by atoms with Gasteiger partial charge in [0, 0.05) is 24.5 Å². The van der Waals surface area contributed by atoms with Gasteiger partial charge in [-0.25, -0.2) is 4.98 Å². The molecule has 0 aliphatic heterocycles. The molecular weight excluding hydrogens is 274 g/mol. The molecule has 20 heavy (non-hydrogen) atoms. The van der Waals surface area contributed by atoms with Gasteiger partial charge in [-0.05, 0) is 41.3 Å². The van der Waals surface area contributed by atoms with Crippen LogP contribution in [0.4, 0.5) is 0 Å². The number of amides is 1. The second-order valence-corrected chi connectivity index (χ2v) is 4.88. The van der Waals surface area contributed by atoms with Crippen molar-refractivity contribution < 1.29 is 4.79 Å². The summed E-state index contributed by atoms with van der Waals surface area (Å²) >= 11 is 5.74. The lowest BCUT2D eigenvalue weighted by molar-refractivity contribution is 0.0946. The van der Waals surface area contributed by atoms with E-state index in [1.165, 1.54) is 6.20 Å². The lowest BCUT2D eigenvalue weighted by Gasteiger charge is -2.05. The van der Waals surface area contributed by atoms with E-state index in [-0.39, 0.29) is 5.91 Å². The fourth-order valence-electron chi connectivity index (χ4n) is 2.00. The topological polar surface area (TPSA) is 57.8 Å². The highest BCUT2D eigenvalue weighted by molar-refractivity contribution is 6.30. The van der Waals surface area contributed by atoms with Crippen molar-refractivity contribution in [2.45, 2.75) is 6.54 Å². The Hall–Kier alpha value is -2.33. The number of carbonyl (C=O) groups is 1. The number of benzene rings is 1. The first-order chi connectivity index (χ1) is 9.72. The molecule has 3 aromatic rings. The molecule has 0 spiro atoms. The number of pyridine rings is 1. The first-order valence-corrected chi connectivity index (χ1v) is 6.56. The van der Waals surface area contributed by atoms with Crippen LogP contribution >= 0.6 is 11.6 Å². The molecule has 2 N–H and O–H groups in total. The summed E-state index contributed by atoms with van der Waals surface area (Å²) in [6, 6.07) is 11.3. The molecule has 100 valence electrons. The summed E-state index contributed by atoms with van der Waals surface area (Å²) in [6.07, 6.45) is 3.35. The lowest BCUT2D eigenvalue weighted by Crippen LogP contribution is -2.23. The minimum absolute atomic E-state index is 0.212. The standard InChI is InChI=1S/C15H12ClN3O/c16-12-2-4-14(18-9-12)15(20)19-8-10-1-3-13-11(7-10)5-6-17-13/h1-7,9,17H,8H2,(H,19,20). The Balaban J connectivity index is 1.69. The van der Waals surface area contributed by atoms with Crippen molar-refractivity contribution in [3.8, 4) is 0 Å². The number of fused-ring (bicyclic) bond motifs is 1. The highest BCUT2D eigenvalue weighted by Gasteiger charge is 2.06. The van der Waals surface area contributed by atoms with Crippen LogP contribution in [0.1, 0.15) is 16.1 Å². The number of rotatable bonds is 3. The van der Waals surface area contributed by atoms with Crippen LogP contribution in [0, 0.1) is 0 Å². The minimum Gasteiger partial charge on any atom is -0.361 e.